The monoisotopic (exact) mass is 287 g/mol. The summed E-state index contributed by atoms with van der Waals surface area (Å²) in [6.45, 7) is 4.60. The Morgan fingerprint density at radius 3 is 2.80 bits per heavy atom. The Bertz CT molecular complexity index is 382. The number of hydrogen-bond donors (Lipinski definition) is 2. The molecule has 0 aliphatic heterocycles. The fourth-order valence-electron chi connectivity index (χ4n) is 2.08. The van der Waals surface area contributed by atoms with E-state index in [1.165, 1.54) is 0 Å². The van der Waals surface area contributed by atoms with Crippen LogP contribution in [-0.2, 0) is 4.74 Å². The van der Waals surface area contributed by atoms with E-state index < -0.39 is 13.0 Å². The van der Waals surface area contributed by atoms with E-state index in [2.05, 4.69) is 17.2 Å². The van der Waals surface area contributed by atoms with Crippen LogP contribution in [0.25, 0.3) is 0 Å². The predicted octanol–water partition coefficient (Wildman–Crippen LogP) is 2.68. The molecule has 6 heteroatoms. The van der Waals surface area contributed by atoms with Gasteiger partial charge in [-0.15, -0.1) is 0 Å². The zero-order valence-electron chi connectivity index (χ0n) is 12.0. The van der Waals surface area contributed by atoms with E-state index in [0.29, 0.717) is 12.2 Å². The highest BCUT2D eigenvalue weighted by Crippen LogP contribution is 2.25. The minimum Gasteiger partial charge on any atom is -0.383 e. The van der Waals surface area contributed by atoms with Crippen LogP contribution in [0.4, 0.5) is 14.6 Å². The summed E-state index contributed by atoms with van der Waals surface area (Å²) in [5, 5.41) is 3.37. The second-order valence-electron chi connectivity index (χ2n) is 4.69. The summed E-state index contributed by atoms with van der Waals surface area (Å²) in [7, 11) is 0. The molecule has 1 aromatic rings. The maximum atomic E-state index is 12.0. The van der Waals surface area contributed by atoms with E-state index in [4.69, 9.17) is 10.5 Å². The number of nitrogens with zero attached hydrogens (tertiary/aromatic N) is 1. The van der Waals surface area contributed by atoms with Crippen LogP contribution in [0.1, 0.15) is 36.9 Å². The van der Waals surface area contributed by atoms with E-state index in [1.807, 2.05) is 13.0 Å². The van der Waals surface area contributed by atoms with Gasteiger partial charge < -0.3 is 15.8 Å². The molecule has 1 unspecified atom stereocenters. The molecule has 4 nitrogen and oxygen atoms in total. The molecule has 0 aliphatic carbocycles. The molecule has 0 radical (unpaired) electrons. The van der Waals surface area contributed by atoms with Crippen LogP contribution in [0.2, 0.25) is 0 Å². The maximum absolute atomic E-state index is 12.0. The molecule has 0 aromatic carbocycles. The molecule has 0 amide bonds. The minimum absolute atomic E-state index is 0.0266. The van der Waals surface area contributed by atoms with Crippen LogP contribution in [0.3, 0.4) is 0 Å². The number of anilines is 1. The van der Waals surface area contributed by atoms with Crippen LogP contribution >= 0.6 is 0 Å². The van der Waals surface area contributed by atoms with Gasteiger partial charge in [-0.05, 0) is 37.9 Å². The SMILES string of the molecule is CCCNC(CCOCC(F)F)c1c(C)ccnc1N. The highest BCUT2D eigenvalue weighted by atomic mass is 19.3. The molecule has 1 heterocycles. The van der Waals surface area contributed by atoms with Crippen molar-refractivity contribution in [1.29, 1.82) is 0 Å². The first-order valence-electron chi connectivity index (χ1n) is 6.86. The van der Waals surface area contributed by atoms with Crippen molar-refractivity contribution in [3.8, 4) is 0 Å². The normalized spacial score (nSPS) is 12.8. The number of nitrogens with two attached hydrogens (primary N) is 1. The lowest BCUT2D eigenvalue weighted by atomic mass is 10.00. The molecule has 0 spiro atoms. The van der Waals surface area contributed by atoms with Crippen molar-refractivity contribution in [2.24, 2.45) is 0 Å². The highest BCUT2D eigenvalue weighted by Gasteiger charge is 2.17. The number of nitrogens with one attached hydrogen (secondary N) is 1. The largest absolute Gasteiger partial charge is 0.383 e. The van der Waals surface area contributed by atoms with Gasteiger partial charge in [0.1, 0.15) is 12.4 Å². The van der Waals surface area contributed by atoms with Gasteiger partial charge in [0.25, 0.3) is 6.43 Å². The summed E-state index contributed by atoms with van der Waals surface area (Å²) in [6, 6.07) is 1.87. The van der Waals surface area contributed by atoms with Crippen LogP contribution in [0.15, 0.2) is 12.3 Å². The maximum Gasteiger partial charge on any atom is 0.261 e. The van der Waals surface area contributed by atoms with Gasteiger partial charge in [0.15, 0.2) is 0 Å². The Kier molecular flexibility index (Phi) is 7.40. The van der Waals surface area contributed by atoms with Crippen molar-refractivity contribution in [2.45, 2.75) is 39.2 Å². The van der Waals surface area contributed by atoms with E-state index in [-0.39, 0.29) is 12.6 Å². The van der Waals surface area contributed by atoms with E-state index in [0.717, 1.165) is 24.1 Å². The summed E-state index contributed by atoms with van der Waals surface area (Å²) in [4.78, 5) is 4.10. The van der Waals surface area contributed by atoms with Crippen LogP contribution < -0.4 is 11.1 Å². The number of aryl methyl sites for hydroxylation is 1. The molecule has 0 aliphatic rings. The molecule has 0 bridgehead atoms. The number of nitrogen functional groups attached to an aromatic ring is 1. The second-order valence-corrected chi connectivity index (χ2v) is 4.69. The van der Waals surface area contributed by atoms with Crippen LogP contribution in [0, 0.1) is 6.92 Å². The smallest absolute Gasteiger partial charge is 0.261 e. The Morgan fingerprint density at radius 2 is 2.20 bits per heavy atom. The van der Waals surface area contributed by atoms with Crippen molar-refractivity contribution >= 4 is 5.82 Å². The van der Waals surface area contributed by atoms with Gasteiger partial charge in [-0.1, -0.05) is 6.92 Å². The third-order valence-corrected chi connectivity index (χ3v) is 3.02. The zero-order chi connectivity index (χ0) is 15.0. The summed E-state index contributed by atoms with van der Waals surface area (Å²) >= 11 is 0. The summed E-state index contributed by atoms with van der Waals surface area (Å²) in [5.41, 5.74) is 7.91. The first kappa shape index (κ1) is 16.8. The number of ether oxygens (including phenoxy) is 1. The van der Waals surface area contributed by atoms with Crippen molar-refractivity contribution in [2.75, 3.05) is 25.5 Å². The molecule has 0 saturated heterocycles. The lowest BCUT2D eigenvalue weighted by molar-refractivity contribution is 0.0143. The van der Waals surface area contributed by atoms with E-state index in [9.17, 15) is 8.78 Å². The standard InChI is InChI=1S/C14H23F2N3O/c1-3-6-18-11(5-8-20-9-12(15)16)13-10(2)4-7-19-14(13)17/h4,7,11-12,18H,3,5-6,8-9H2,1-2H3,(H2,17,19). The quantitative estimate of drug-likeness (QED) is 0.686. The van der Waals surface area contributed by atoms with Crippen molar-refractivity contribution in [3.63, 3.8) is 0 Å². The molecule has 3 N–H and O–H groups in total. The first-order chi connectivity index (χ1) is 9.56. The van der Waals surface area contributed by atoms with E-state index in [1.54, 1.807) is 6.20 Å². The van der Waals surface area contributed by atoms with Crippen molar-refractivity contribution < 1.29 is 13.5 Å². The van der Waals surface area contributed by atoms with Gasteiger partial charge in [0, 0.05) is 24.4 Å². The Labute approximate surface area is 118 Å². The highest BCUT2D eigenvalue weighted by molar-refractivity contribution is 5.46. The average Bonchev–Trinajstić information content (AvgIpc) is 2.39. The number of pyridine rings is 1. The first-order valence-corrected chi connectivity index (χ1v) is 6.86. The lowest BCUT2D eigenvalue weighted by Gasteiger charge is -2.22. The second kappa shape index (κ2) is 8.81. The Morgan fingerprint density at radius 1 is 1.45 bits per heavy atom. The molecule has 20 heavy (non-hydrogen) atoms. The summed E-state index contributed by atoms with van der Waals surface area (Å²) < 4.78 is 29.0. The molecular formula is C14H23F2N3O. The molecule has 0 saturated carbocycles. The van der Waals surface area contributed by atoms with Gasteiger partial charge >= 0.3 is 0 Å². The van der Waals surface area contributed by atoms with Crippen molar-refractivity contribution in [3.05, 3.63) is 23.4 Å². The van der Waals surface area contributed by atoms with Gasteiger partial charge in [0.05, 0.1) is 0 Å². The molecule has 114 valence electrons. The number of alkyl halides is 2. The minimum atomic E-state index is -2.43. The van der Waals surface area contributed by atoms with Gasteiger partial charge in [0.2, 0.25) is 0 Å². The summed E-state index contributed by atoms with van der Waals surface area (Å²) in [5.74, 6) is 0.479. The molecular weight excluding hydrogens is 264 g/mol. The molecule has 1 rings (SSSR count). The van der Waals surface area contributed by atoms with Crippen LogP contribution in [-0.4, -0.2) is 31.2 Å². The fourth-order valence-corrected chi connectivity index (χ4v) is 2.08. The predicted molar refractivity (Wildman–Crippen MR) is 75.9 cm³/mol. The molecule has 1 atom stereocenters. The topological polar surface area (TPSA) is 60.2 Å². The zero-order valence-corrected chi connectivity index (χ0v) is 12.0. The Hall–Kier alpha value is -1.27. The molecule has 0 fully saturated rings. The molecule has 1 aromatic heterocycles. The number of rotatable bonds is 9. The van der Waals surface area contributed by atoms with Gasteiger partial charge in [-0.3, -0.25) is 0 Å². The summed E-state index contributed by atoms with van der Waals surface area (Å²) in [6.07, 6.45) is 0.803. The van der Waals surface area contributed by atoms with Crippen molar-refractivity contribution in [1.82, 2.24) is 10.3 Å². The lowest BCUT2D eigenvalue weighted by Crippen LogP contribution is -2.26. The average molecular weight is 287 g/mol. The number of hydrogen-bond acceptors (Lipinski definition) is 4. The van der Waals surface area contributed by atoms with Crippen LogP contribution in [0.5, 0.6) is 0 Å². The third kappa shape index (κ3) is 5.38. The van der Waals surface area contributed by atoms with Gasteiger partial charge in [-0.2, -0.15) is 0 Å². The fraction of sp³-hybridized carbons (Fsp3) is 0.643. The third-order valence-electron chi connectivity index (χ3n) is 3.02. The van der Waals surface area contributed by atoms with Gasteiger partial charge in [-0.25, -0.2) is 13.8 Å². The van der Waals surface area contributed by atoms with E-state index >= 15 is 0 Å². The Balaban J connectivity index is 2.68. The number of aromatic nitrogens is 1. The number of halogens is 2.